The number of primary amides is 3. The minimum atomic E-state index is -2.04. The molecule has 17 N–H and O–H groups in total. The Morgan fingerprint density at radius 3 is 1.58 bits per heavy atom. The Kier molecular flexibility index (Phi) is 30.7. The Morgan fingerprint density at radius 1 is 0.607 bits per heavy atom. The van der Waals surface area contributed by atoms with Crippen molar-refractivity contribution in [3.63, 3.8) is 0 Å². The number of nitrogens with zero attached hydrogens (tertiary/aromatic N) is 2. The van der Waals surface area contributed by atoms with Crippen LogP contribution >= 0.6 is 0 Å². The first-order valence-electron chi connectivity index (χ1n) is 28.6. The Labute approximate surface area is 489 Å². The highest BCUT2D eigenvalue weighted by atomic mass is 16.3. The molecule has 13 amide bonds. The molecule has 2 heterocycles. The molecule has 0 aromatic heterocycles. The Hall–Kier alpha value is -7.53. The first-order valence-corrected chi connectivity index (χ1v) is 28.6. The van der Waals surface area contributed by atoms with E-state index in [1.807, 2.05) is 6.92 Å². The maximum absolute atomic E-state index is 14.6. The van der Waals surface area contributed by atoms with Crippen LogP contribution in [0.4, 0.5) is 0 Å². The Morgan fingerprint density at radius 2 is 1.10 bits per heavy atom. The normalized spacial score (nSPS) is 26.8. The molecule has 2 fully saturated rings. The van der Waals surface area contributed by atoms with Gasteiger partial charge in [-0.15, -0.1) is 0 Å². The predicted molar refractivity (Wildman–Crippen MR) is 303 cm³/mol. The minimum Gasteiger partial charge on any atom is -0.393 e. The lowest BCUT2D eigenvalue weighted by atomic mass is 9.90. The first kappa shape index (κ1) is 72.6. The van der Waals surface area contributed by atoms with E-state index in [1.54, 1.807) is 20.8 Å². The van der Waals surface area contributed by atoms with Gasteiger partial charge in [0.2, 0.25) is 59.1 Å². The second-order valence-corrected chi connectivity index (χ2v) is 21.9. The van der Waals surface area contributed by atoms with Crippen molar-refractivity contribution in [3.8, 4) is 0 Å². The molecule has 0 saturated carbocycles. The highest BCUT2D eigenvalue weighted by molar-refractivity contribution is 6.05. The van der Waals surface area contributed by atoms with Gasteiger partial charge >= 0.3 is 0 Å². The number of aliphatic hydroxyl groups excluding tert-OH is 3. The molecule has 1 unspecified atom stereocenters. The third kappa shape index (κ3) is 22.9. The van der Waals surface area contributed by atoms with E-state index in [1.165, 1.54) is 13.8 Å². The zero-order valence-corrected chi connectivity index (χ0v) is 49.7. The molecule has 0 spiro atoms. The molecule has 0 radical (unpaired) electrons. The lowest BCUT2D eigenvalue weighted by Crippen LogP contribution is -2.62. The summed E-state index contributed by atoms with van der Waals surface area (Å²) in [6.07, 6.45) is 3.61. The largest absolute Gasteiger partial charge is 0.393 e. The summed E-state index contributed by atoms with van der Waals surface area (Å²) in [6.45, 7) is 11.5. The van der Waals surface area contributed by atoms with E-state index < -0.39 is 180 Å². The zero-order chi connectivity index (χ0) is 63.7. The fourth-order valence-electron chi connectivity index (χ4n) is 9.58. The maximum Gasteiger partial charge on any atom is 0.268 e. The van der Waals surface area contributed by atoms with Crippen molar-refractivity contribution < 1.29 is 77.6 Å². The molecule has 29 heteroatoms. The SMILES string of the molecule is C/C=C1/NC(=O)[C@H](CC(N)=O)NC(=O)/C(=C\C)NC(=O)[C@H](C(C)C)NC(=O)[C@H](O)[C@@H]([C@@H](C)CCCCCCCCCC(O)CC)NC(=O)[C@@H]2CCCN2C(=O)[C@H](CC(N)=O)N(C)C(=O)[C@H]([C@@H](C)O)NC(=O)[C@@H](C)NC(=O)[C@H](CC(N)=O)NC1=O. The van der Waals surface area contributed by atoms with Crippen molar-refractivity contribution in [1.82, 2.24) is 52.3 Å². The van der Waals surface area contributed by atoms with Crippen LogP contribution in [0.2, 0.25) is 0 Å². The Balaban J connectivity index is 2.76. The number of fused-ring (bicyclic) bond motifs is 1. The highest BCUT2D eigenvalue weighted by Crippen LogP contribution is 2.24. The molecular weight excluding hydrogens is 1100 g/mol. The number of unbranched alkanes of at least 4 members (excludes halogenated alkanes) is 6. The zero-order valence-electron chi connectivity index (χ0n) is 49.7. The second kappa shape index (κ2) is 35.6. The molecule has 84 heavy (non-hydrogen) atoms. The summed E-state index contributed by atoms with van der Waals surface area (Å²) in [7, 11) is 1.09. The minimum absolute atomic E-state index is 0.0418. The molecule has 0 aromatic rings. The van der Waals surface area contributed by atoms with Crippen LogP contribution in [0, 0.1) is 11.8 Å². The van der Waals surface area contributed by atoms with Crippen molar-refractivity contribution in [2.75, 3.05) is 13.6 Å². The molecule has 2 aliphatic rings. The van der Waals surface area contributed by atoms with Crippen LogP contribution in [0.1, 0.15) is 152 Å². The van der Waals surface area contributed by atoms with Gasteiger partial charge in [-0.2, -0.15) is 0 Å². The highest BCUT2D eigenvalue weighted by Gasteiger charge is 2.44. The van der Waals surface area contributed by atoms with Gasteiger partial charge in [-0.3, -0.25) is 62.3 Å². The molecule has 2 saturated heterocycles. The molecule has 2 rings (SSSR count). The van der Waals surface area contributed by atoms with Gasteiger partial charge in [0.15, 0.2) is 6.10 Å². The van der Waals surface area contributed by atoms with E-state index >= 15 is 0 Å². The number of rotatable bonds is 20. The number of carbonyl (C=O) groups excluding carboxylic acids is 13. The lowest BCUT2D eigenvalue weighted by molar-refractivity contribution is -0.151. The van der Waals surface area contributed by atoms with Crippen molar-refractivity contribution in [2.24, 2.45) is 29.0 Å². The van der Waals surface area contributed by atoms with Crippen LogP contribution in [-0.4, -0.2) is 182 Å². The maximum atomic E-state index is 14.6. The van der Waals surface area contributed by atoms with Gasteiger partial charge in [-0.05, 0) is 71.6 Å². The van der Waals surface area contributed by atoms with Crippen molar-refractivity contribution in [3.05, 3.63) is 23.5 Å². The Bertz CT molecular complexity index is 2430. The number of nitrogens with one attached hydrogen (secondary N) is 8. The van der Waals surface area contributed by atoms with Crippen LogP contribution in [0.15, 0.2) is 23.5 Å². The van der Waals surface area contributed by atoms with E-state index in [0.29, 0.717) is 19.3 Å². The molecule has 0 aromatic carbocycles. The number of allylic oxidation sites excluding steroid dienone is 2. The average molecular weight is 1190 g/mol. The summed E-state index contributed by atoms with van der Waals surface area (Å²) in [6, 6.07) is -13.0. The number of hydrogen-bond donors (Lipinski definition) is 14. The fourth-order valence-corrected chi connectivity index (χ4v) is 9.58. The van der Waals surface area contributed by atoms with Crippen molar-refractivity contribution in [1.29, 1.82) is 0 Å². The number of likely N-dealkylation sites (N-methyl/N-ethyl adjacent to an activating group) is 1. The smallest absolute Gasteiger partial charge is 0.268 e. The predicted octanol–water partition coefficient (Wildman–Crippen LogP) is -3.27. The van der Waals surface area contributed by atoms with Gasteiger partial charge in [0.25, 0.3) is 17.7 Å². The lowest BCUT2D eigenvalue weighted by Gasteiger charge is -2.36. The molecule has 472 valence electrons. The van der Waals surface area contributed by atoms with Gasteiger partial charge < -0.3 is 84.9 Å². The van der Waals surface area contributed by atoms with Crippen molar-refractivity contribution in [2.45, 2.75) is 218 Å². The quantitative estimate of drug-likeness (QED) is 0.0420. The monoisotopic (exact) mass is 1190 g/mol. The average Bonchev–Trinajstić information content (AvgIpc) is 4.06. The van der Waals surface area contributed by atoms with E-state index in [0.717, 1.165) is 87.8 Å². The summed E-state index contributed by atoms with van der Waals surface area (Å²) >= 11 is 0. The topological polar surface area (TPSA) is 463 Å². The molecule has 12 atom stereocenters. The van der Waals surface area contributed by atoms with Crippen LogP contribution in [0.5, 0.6) is 0 Å². The van der Waals surface area contributed by atoms with Gasteiger partial charge in [-0.1, -0.05) is 84.8 Å². The number of hydrogen-bond acceptors (Lipinski definition) is 16. The van der Waals surface area contributed by atoms with Crippen LogP contribution in [0.25, 0.3) is 0 Å². The third-order valence-electron chi connectivity index (χ3n) is 14.7. The molecule has 29 nitrogen and oxygen atoms in total. The van der Waals surface area contributed by atoms with Crippen LogP contribution in [0.3, 0.4) is 0 Å². The number of aliphatic hydroxyl groups is 3. The number of nitrogens with two attached hydrogens (primary N) is 3. The van der Waals surface area contributed by atoms with Crippen molar-refractivity contribution >= 4 is 76.8 Å². The molecule has 0 bridgehead atoms. The number of amides is 13. The molecule has 0 aliphatic carbocycles. The van der Waals surface area contributed by atoms with Gasteiger partial charge in [0.05, 0.1) is 37.5 Å². The molecule has 2 aliphatic heterocycles. The standard InChI is InChI=1S/C55H91N13O16/c1-10-32(70)22-19-17-15-13-14-16-18-21-29(6)43-45(74)53(82)64-42(28(4)5)52(81)61-34(12-3)48(77)63-36(26-40(57)72)50(79)60-33(11-2)47(76)62-35(25-39(56)71)49(78)59-30(7)46(75)66-44(31(8)69)55(84)67(9)38(27-41(58)73)54(83)68-24-20-23-37(68)51(80)65-43/h11-12,28-32,35-38,42-45,69-70,74H,10,13-27H2,1-9H3,(H2,56,71)(H2,57,72)(H2,58,73)(H,59,78)(H,60,79)(H,61,81)(H,62,76)(H,63,77)(H,64,82)(H,65,80)(H,66,75)/b33-11+,34-12+/t29-,30+,31+,32?,35-,36-,37-,38-,42-,43+,44-,45+/m0/s1. The fraction of sp³-hybridized carbons (Fsp3) is 0.691. The summed E-state index contributed by atoms with van der Waals surface area (Å²) in [5.74, 6) is -15.5. The molecular formula is C55H91N13O16. The van der Waals surface area contributed by atoms with E-state index in [9.17, 15) is 77.6 Å². The summed E-state index contributed by atoms with van der Waals surface area (Å²) in [5.41, 5.74) is 15.3. The van der Waals surface area contributed by atoms with Gasteiger partial charge in [0.1, 0.15) is 53.7 Å². The summed E-state index contributed by atoms with van der Waals surface area (Å²) in [4.78, 5) is 179. The first-order chi connectivity index (χ1) is 39.4. The third-order valence-corrected chi connectivity index (χ3v) is 14.7. The van der Waals surface area contributed by atoms with Crippen LogP contribution in [-0.2, 0) is 62.3 Å². The van der Waals surface area contributed by atoms with Gasteiger partial charge in [0, 0.05) is 13.6 Å². The van der Waals surface area contributed by atoms with E-state index in [-0.39, 0.29) is 25.5 Å². The van der Waals surface area contributed by atoms with E-state index in [4.69, 9.17) is 17.2 Å². The number of carbonyl (C=O) groups is 13. The summed E-state index contributed by atoms with van der Waals surface area (Å²) in [5, 5.41) is 51.6. The van der Waals surface area contributed by atoms with Crippen LogP contribution < -0.4 is 59.7 Å². The van der Waals surface area contributed by atoms with Gasteiger partial charge in [-0.25, -0.2) is 0 Å². The summed E-state index contributed by atoms with van der Waals surface area (Å²) < 4.78 is 0. The second-order valence-electron chi connectivity index (χ2n) is 21.9. The van der Waals surface area contributed by atoms with E-state index in [2.05, 4.69) is 42.5 Å².